The van der Waals surface area contributed by atoms with Crippen molar-refractivity contribution < 1.29 is 15.0 Å². The number of hydrogen-bond donors (Lipinski definition) is 3. The van der Waals surface area contributed by atoms with Gasteiger partial charge in [-0.3, -0.25) is 4.98 Å². The lowest BCUT2D eigenvalue weighted by molar-refractivity contribution is 0.0695. The number of aliphatic hydroxyl groups excluding tert-OH is 1. The first kappa shape index (κ1) is 15.6. The van der Waals surface area contributed by atoms with E-state index in [4.69, 9.17) is 10.2 Å². The number of carboxylic acids is 1. The molecule has 19 heavy (non-hydrogen) atoms. The average molecular weight is 266 g/mol. The first-order valence-corrected chi connectivity index (χ1v) is 6.67. The molecule has 0 radical (unpaired) electrons. The lowest BCUT2D eigenvalue weighted by atomic mass is 10.0. The highest BCUT2D eigenvalue weighted by Crippen LogP contribution is 2.10. The largest absolute Gasteiger partial charge is 0.478 e. The Hall–Kier alpha value is -1.46. The Labute approximate surface area is 113 Å². The van der Waals surface area contributed by atoms with Gasteiger partial charge < -0.3 is 15.5 Å². The van der Waals surface area contributed by atoms with Gasteiger partial charge in [0, 0.05) is 19.3 Å². The molecule has 3 N–H and O–H groups in total. The van der Waals surface area contributed by atoms with Gasteiger partial charge in [0.25, 0.3) is 0 Å². The fraction of sp³-hybridized carbons (Fsp3) is 0.571. The van der Waals surface area contributed by atoms with Gasteiger partial charge in [0.05, 0.1) is 11.3 Å². The van der Waals surface area contributed by atoms with Gasteiger partial charge in [0.1, 0.15) is 0 Å². The fourth-order valence-electron chi connectivity index (χ4n) is 2.11. The number of carboxylic acid groups (broad SMARTS) is 1. The van der Waals surface area contributed by atoms with Gasteiger partial charge in [0.2, 0.25) is 0 Å². The zero-order chi connectivity index (χ0) is 14.1. The van der Waals surface area contributed by atoms with Gasteiger partial charge in [0.15, 0.2) is 0 Å². The van der Waals surface area contributed by atoms with E-state index in [1.54, 1.807) is 18.3 Å². The van der Waals surface area contributed by atoms with E-state index in [-0.39, 0.29) is 12.2 Å². The molecule has 0 aromatic carbocycles. The van der Waals surface area contributed by atoms with E-state index in [9.17, 15) is 4.79 Å². The van der Waals surface area contributed by atoms with Crippen molar-refractivity contribution in [3.8, 4) is 0 Å². The molecule has 106 valence electrons. The van der Waals surface area contributed by atoms with E-state index in [0.717, 1.165) is 25.8 Å². The second kappa shape index (κ2) is 8.61. The van der Waals surface area contributed by atoms with Gasteiger partial charge >= 0.3 is 5.97 Å². The topological polar surface area (TPSA) is 82.5 Å². The van der Waals surface area contributed by atoms with Gasteiger partial charge in [-0.1, -0.05) is 13.3 Å². The number of carbonyl (C=O) groups is 1. The van der Waals surface area contributed by atoms with E-state index in [1.807, 2.05) is 0 Å². The molecule has 0 bridgehead atoms. The number of nitrogens with one attached hydrogen (secondary N) is 1. The lowest BCUT2D eigenvalue weighted by Gasteiger charge is -2.15. The fourth-order valence-corrected chi connectivity index (χ4v) is 2.11. The summed E-state index contributed by atoms with van der Waals surface area (Å²) in [5.74, 6) is -0.530. The van der Waals surface area contributed by atoms with Crippen LogP contribution in [-0.2, 0) is 6.54 Å². The molecule has 0 spiro atoms. The lowest BCUT2D eigenvalue weighted by Crippen LogP contribution is -2.24. The smallest absolute Gasteiger partial charge is 0.337 e. The second-order valence-electron chi connectivity index (χ2n) is 4.60. The van der Waals surface area contributed by atoms with Crippen LogP contribution in [0.25, 0.3) is 0 Å². The van der Waals surface area contributed by atoms with Crippen molar-refractivity contribution in [3.05, 3.63) is 29.6 Å². The molecular formula is C14H22N2O3. The van der Waals surface area contributed by atoms with Crippen molar-refractivity contribution in [1.29, 1.82) is 0 Å². The third-order valence-electron chi connectivity index (χ3n) is 3.08. The highest BCUT2D eigenvalue weighted by molar-refractivity contribution is 5.88. The number of aromatic nitrogens is 1. The number of pyridine rings is 1. The number of aromatic carboxylic acids is 1. The Bertz CT molecular complexity index is 390. The van der Waals surface area contributed by atoms with Crippen LogP contribution in [0, 0.1) is 5.92 Å². The van der Waals surface area contributed by atoms with E-state index >= 15 is 0 Å². The molecule has 1 atom stereocenters. The van der Waals surface area contributed by atoms with Crippen LogP contribution >= 0.6 is 0 Å². The van der Waals surface area contributed by atoms with Crippen molar-refractivity contribution >= 4 is 5.97 Å². The molecule has 1 rings (SSSR count). The zero-order valence-electron chi connectivity index (χ0n) is 11.3. The van der Waals surface area contributed by atoms with Crippen molar-refractivity contribution in [3.63, 3.8) is 0 Å². The van der Waals surface area contributed by atoms with Crippen LogP contribution in [-0.4, -0.2) is 34.3 Å². The Morgan fingerprint density at radius 1 is 1.47 bits per heavy atom. The summed E-state index contributed by atoms with van der Waals surface area (Å²) in [4.78, 5) is 15.1. The minimum atomic E-state index is -0.953. The van der Waals surface area contributed by atoms with Gasteiger partial charge in [-0.2, -0.15) is 0 Å². The summed E-state index contributed by atoms with van der Waals surface area (Å²) in [6.45, 7) is 3.51. The molecule has 0 aliphatic carbocycles. The highest BCUT2D eigenvalue weighted by Gasteiger charge is 2.11. The van der Waals surface area contributed by atoms with E-state index in [2.05, 4.69) is 17.2 Å². The summed E-state index contributed by atoms with van der Waals surface area (Å²) in [5, 5.41) is 21.3. The quantitative estimate of drug-likeness (QED) is 0.633. The maximum Gasteiger partial charge on any atom is 0.337 e. The third kappa shape index (κ3) is 5.36. The SMILES string of the molecule is CCCC(CCO)CNCc1ncccc1C(=O)O. The molecule has 1 heterocycles. The summed E-state index contributed by atoms with van der Waals surface area (Å²) >= 11 is 0. The van der Waals surface area contributed by atoms with Gasteiger partial charge in [-0.25, -0.2) is 4.79 Å². The molecule has 0 saturated heterocycles. The Morgan fingerprint density at radius 2 is 2.26 bits per heavy atom. The molecule has 0 aliphatic rings. The van der Waals surface area contributed by atoms with Crippen molar-refractivity contribution in [1.82, 2.24) is 10.3 Å². The number of aliphatic hydroxyl groups is 1. The molecule has 1 unspecified atom stereocenters. The Morgan fingerprint density at radius 3 is 2.89 bits per heavy atom. The molecule has 0 saturated carbocycles. The molecule has 0 amide bonds. The standard InChI is InChI=1S/C14H22N2O3/c1-2-4-11(6-8-17)9-15-10-13-12(14(18)19)5-3-7-16-13/h3,5,7,11,15,17H,2,4,6,8-10H2,1H3,(H,18,19). The van der Waals surface area contributed by atoms with Crippen LogP contribution in [0.15, 0.2) is 18.3 Å². The predicted octanol–water partition coefficient (Wildman–Crippen LogP) is 1.67. The van der Waals surface area contributed by atoms with Gasteiger partial charge in [-0.15, -0.1) is 0 Å². The third-order valence-corrected chi connectivity index (χ3v) is 3.08. The van der Waals surface area contributed by atoms with E-state index < -0.39 is 5.97 Å². The first-order chi connectivity index (χ1) is 9.19. The predicted molar refractivity (Wildman–Crippen MR) is 73.0 cm³/mol. The number of nitrogens with zero attached hydrogens (tertiary/aromatic N) is 1. The molecule has 1 aromatic heterocycles. The molecule has 5 nitrogen and oxygen atoms in total. The average Bonchev–Trinajstić information content (AvgIpc) is 2.39. The summed E-state index contributed by atoms with van der Waals surface area (Å²) in [5.41, 5.74) is 0.790. The summed E-state index contributed by atoms with van der Waals surface area (Å²) in [7, 11) is 0. The summed E-state index contributed by atoms with van der Waals surface area (Å²) < 4.78 is 0. The van der Waals surface area contributed by atoms with Gasteiger partial charge in [-0.05, 0) is 37.4 Å². The van der Waals surface area contributed by atoms with E-state index in [1.165, 1.54) is 0 Å². The molecule has 0 aliphatic heterocycles. The van der Waals surface area contributed by atoms with Crippen LogP contribution in [0.1, 0.15) is 42.2 Å². The monoisotopic (exact) mass is 266 g/mol. The van der Waals surface area contributed by atoms with Crippen molar-refractivity contribution in [2.45, 2.75) is 32.7 Å². The Kier molecular flexibility index (Phi) is 7.07. The minimum Gasteiger partial charge on any atom is -0.478 e. The molecule has 0 fully saturated rings. The molecule has 1 aromatic rings. The maximum atomic E-state index is 11.0. The number of rotatable bonds is 9. The number of hydrogen-bond acceptors (Lipinski definition) is 4. The molecule has 5 heteroatoms. The Balaban J connectivity index is 2.50. The molecular weight excluding hydrogens is 244 g/mol. The normalized spacial score (nSPS) is 12.3. The first-order valence-electron chi connectivity index (χ1n) is 6.67. The summed E-state index contributed by atoms with van der Waals surface area (Å²) in [6.07, 6.45) is 4.51. The minimum absolute atomic E-state index is 0.191. The van der Waals surface area contributed by atoms with E-state index in [0.29, 0.717) is 18.2 Å². The van der Waals surface area contributed by atoms with Crippen LogP contribution in [0.4, 0.5) is 0 Å². The maximum absolute atomic E-state index is 11.0. The van der Waals surface area contributed by atoms with Crippen LogP contribution < -0.4 is 5.32 Å². The van der Waals surface area contributed by atoms with Crippen LogP contribution in [0.3, 0.4) is 0 Å². The van der Waals surface area contributed by atoms with Crippen LogP contribution in [0.5, 0.6) is 0 Å². The van der Waals surface area contributed by atoms with Crippen molar-refractivity contribution in [2.75, 3.05) is 13.2 Å². The van der Waals surface area contributed by atoms with Crippen molar-refractivity contribution in [2.24, 2.45) is 5.92 Å². The van der Waals surface area contributed by atoms with Crippen LogP contribution in [0.2, 0.25) is 0 Å². The summed E-state index contributed by atoms with van der Waals surface area (Å²) in [6, 6.07) is 3.18. The highest BCUT2D eigenvalue weighted by atomic mass is 16.4. The second-order valence-corrected chi connectivity index (χ2v) is 4.60. The zero-order valence-corrected chi connectivity index (χ0v) is 11.3.